The Labute approximate surface area is 139 Å². The van der Waals surface area contributed by atoms with Crippen molar-refractivity contribution in [2.45, 2.75) is 13.0 Å². The number of fused-ring (bicyclic) bond motifs is 3. The summed E-state index contributed by atoms with van der Waals surface area (Å²) in [6, 6.07) is 15.3. The molecule has 0 saturated heterocycles. The zero-order valence-corrected chi connectivity index (χ0v) is 13.5. The first-order valence-electron chi connectivity index (χ1n) is 7.79. The number of benzene rings is 2. The SMILES string of the molecule is COC(=O)[C@]12COc3ccccc3C1=NO[C@H]2c1ccccc1C. The highest BCUT2D eigenvalue weighted by Gasteiger charge is 2.61. The fourth-order valence-electron chi connectivity index (χ4n) is 3.46. The van der Waals surface area contributed by atoms with Crippen LogP contribution in [0.2, 0.25) is 0 Å². The molecule has 4 rings (SSSR count). The molecule has 2 heterocycles. The third kappa shape index (κ3) is 1.87. The second-order valence-electron chi connectivity index (χ2n) is 6.03. The number of ether oxygens (including phenoxy) is 2. The van der Waals surface area contributed by atoms with Crippen LogP contribution in [0.1, 0.15) is 22.8 Å². The number of oxime groups is 1. The number of rotatable bonds is 2. The molecule has 0 spiro atoms. The quantitative estimate of drug-likeness (QED) is 0.797. The number of aryl methyl sites for hydroxylation is 1. The highest BCUT2D eigenvalue weighted by Crippen LogP contribution is 2.50. The van der Waals surface area contributed by atoms with Gasteiger partial charge in [-0.15, -0.1) is 0 Å². The zero-order chi connectivity index (χ0) is 16.7. The highest BCUT2D eigenvalue weighted by molar-refractivity contribution is 6.18. The van der Waals surface area contributed by atoms with Gasteiger partial charge in [0.2, 0.25) is 0 Å². The van der Waals surface area contributed by atoms with Gasteiger partial charge in [-0.3, -0.25) is 4.79 Å². The molecule has 2 aliphatic heterocycles. The van der Waals surface area contributed by atoms with Crippen molar-refractivity contribution >= 4 is 11.7 Å². The lowest BCUT2D eigenvalue weighted by Crippen LogP contribution is -2.50. The molecule has 0 aromatic heterocycles. The van der Waals surface area contributed by atoms with Gasteiger partial charge in [-0.25, -0.2) is 0 Å². The van der Waals surface area contributed by atoms with Gasteiger partial charge in [-0.2, -0.15) is 0 Å². The Balaban J connectivity index is 1.90. The van der Waals surface area contributed by atoms with Gasteiger partial charge in [0.1, 0.15) is 18.1 Å². The zero-order valence-electron chi connectivity index (χ0n) is 13.5. The smallest absolute Gasteiger partial charge is 0.325 e. The first kappa shape index (κ1) is 14.8. The van der Waals surface area contributed by atoms with Crippen LogP contribution in [0.3, 0.4) is 0 Å². The van der Waals surface area contributed by atoms with E-state index < -0.39 is 17.5 Å². The van der Waals surface area contributed by atoms with E-state index in [1.165, 1.54) is 7.11 Å². The van der Waals surface area contributed by atoms with Crippen molar-refractivity contribution in [3.63, 3.8) is 0 Å². The summed E-state index contributed by atoms with van der Waals surface area (Å²) >= 11 is 0. The number of esters is 1. The molecule has 0 saturated carbocycles. The molecule has 0 amide bonds. The van der Waals surface area contributed by atoms with Crippen LogP contribution in [-0.2, 0) is 14.4 Å². The molecule has 2 aliphatic rings. The number of para-hydroxylation sites is 1. The molecule has 0 bridgehead atoms. The summed E-state index contributed by atoms with van der Waals surface area (Å²) in [4.78, 5) is 18.6. The number of carbonyl (C=O) groups excluding carboxylic acids is 1. The molecular formula is C19H17NO4. The van der Waals surface area contributed by atoms with Crippen molar-refractivity contribution in [1.29, 1.82) is 0 Å². The van der Waals surface area contributed by atoms with Crippen LogP contribution in [0, 0.1) is 12.3 Å². The van der Waals surface area contributed by atoms with E-state index in [1.54, 1.807) is 0 Å². The molecular weight excluding hydrogens is 306 g/mol. The van der Waals surface area contributed by atoms with E-state index in [0.29, 0.717) is 11.5 Å². The number of nitrogens with zero attached hydrogens (tertiary/aromatic N) is 1. The van der Waals surface area contributed by atoms with E-state index in [1.807, 2.05) is 55.5 Å². The first-order valence-corrected chi connectivity index (χ1v) is 7.79. The van der Waals surface area contributed by atoms with Gasteiger partial charge < -0.3 is 14.3 Å². The standard InChI is InChI=1S/C19H17NO4/c1-12-7-3-4-8-13(12)17-19(18(21)22-2)11-23-15-10-6-5-9-14(15)16(19)20-24-17/h3-10,17H,11H2,1-2H3/t17-,19+/m0/s1. The van der Waals surface area contributed by atoms with Gasteiger partial charge in [-0.05, 0) is 30.2 Å². The van der Waals surface area contributed by atoms with E-state index in [0.717, 1.165) is 16.7 Å². The number of methoxy groups -OCH3 is 1. The molecule has 5 heteroatoms. The largest absolute Gasteiger partial charge is 0.491 e. The molecule has 0 fully saturated rings. The third-order valence-corrected chi connectivity index (χ3v) is 4.74. The Morgan fingerprint density at radius 3 is 2.75 bits per heavy atom. The molecule has 2 aromatic rings. The first-order chi connectivity index (χ1) is 11.7. The predicted molar refractivity (Wildman–Crippen MR) is 87.9 cm³/mol. The minimum Gasteiger partial charge on any atom is -0.491 e. The van der Waals surface area contributed by atoms with Crippen LogP contribution in [0.4, 0.5) is 0 Å². The van der Waals surface area contributed by atoms with E-state index in [9.17, 15) is 4.79 Å². The molecule has 24 heavy (non-hydrogen) atoms. The minimum atomic E-state index is -1.10. The van der Waals surface area contributed by atoms with Crippen molar-refractivity contribution in [3.8, 4) is 5.75 Å². The maximum atomic E-state index is 12.8. The second-order valence-corrected chi connectivity index (χ2v) is 6.03. The Morgan fingerprint density at radius 1 is 1.21 bits per heavy atom. The van der Waals surface area contributed by atoms with Gasteiger partial charge in [0.15, 0.2) is 11.5 Å². The minimum absolute atomic E-state index is 0.133. The Morgan fingerprint density at radius 2 is 1.96 bits per heavy atom. The summed E-state index contributed by atoms with van der Waals surface area (Å²) < 4.78 is 11.0. The lowest BCUT2D eigenvalue weighted by Gasteiger charge is -2.35. The number of hydrogen-bond donors (Lipinski definition) is 0. The van der Waals surface area contributed by atoms with E-state index in [2.05, 4.69) is 5.16 Å². The monoisotopic (exact) mass is 323 g/mol. The summed E-state index contributed by atoms with van der Waals surface area (Å²) in [6.45, 7) is 2.12. The van der Waals surface area contributed by atoms with Gasteiger partial charge in [-0.1, -0.05) is 41.6 Å². The van der Waals surface area contributed by atoms with Crippen molar-refractivity contribution in [2.24, 2.45) is 10.6 Å². The summed E-state index contributed by atoms with van der Waals surface area (Å²) in [5.74, 6) is 0.298. The van der Waals surface area contributed by atoms with Crippen molar-refractivity contribution in [3.05, 3.63) is 65.2 Å². The van der Waals surface area contributed by atoms with Crippen LogP contribution >= 0.6 is 0 Å². The fraction of sp³-hybridized carbons (Fsp3) is 0.263. The van der Waals surface area contributed by atoms with E-state index in [4.69, 9.17) is 14.3 Å². The van der Waals surface area contributed by atoms with Gasteiger partial charge in [0, 0.05) is 5.56 Å². The number of hydrogen-bond acceptors (Lipinski definition) is 5. The molecule has 5 nitrogen and oxygen atoms in total. The third-order valence-electron chi connectivity index (χ3n) is 4.74. The average Bonchev–Trinajstić information content (AvgIpc) is 3.02. The van der Waals surface area contributed by atoms with Crippen molar-refractivity contribution < 1.29 is 19.1 Å². The van der Waals surface area contributed by atoms with Crippen LogP contribution in [0.15, 0.2) is 53.7 Å². The van der Waals surface area contributed by atoms with Crippen LogP contribution in [-0.4, -0.2) is 25.4 Å². The summed E-state index contributed by atoms with van der Waals surface area (Å²) in [5, 5.41) is 4.27. The Kier molecular flexibility index (Phi) is 3.30. The lowest BCUT2D eigenvalue weighted by atomic mass is 9.71. The summed E-state index contributed by atoms with van der Waals surface area (Å²) in [7, 11) is 1.38. The normalized spacial score (nSPS) is 24.1. The number of carbonyl (C=O) groups is 1. The molecule has 0 radical (unpaired) electrons. The van der Waals surface area contributed by atoms with Gasteiger partial charge in [0.25, 0.3) is 0 Å². The Hall–Kier alpha value is -2.82. The molecule has 0 N–H and O–H groups in total. The van der Waals surface area contributed by atoms with E-state index >= 15 is 0 Å². The van der Waals surface area contributed by atoms with Crippen LogP contribution < -0.4 is 4.74 Å². The van der Waals surface area contributed by atoms with Crippen LogP contribution in [0.5, 0.6) is 5.75 Å². The fourth-order valence-corrected chi connectivity index (χ4v) is 3.46. The molecule has 0 unspecified atom stereocenters. The van der Waals surface area contributed by atoms with Crippen LogP contribution in [0.25, 0.3) is 0 Å². The summed E-state index contributed by atoms with van der Waals surface area (Å²) in [6.07, 6.45) is -0.575. The molecule has 122 valence electrons. The van der Waals surface area contributed by atoms with E-state index in [-0.39, 0.29) is 6.61 Å². The predicted octanol–water partition coefficient (Wildman–Crippen LogP) is 3.02. The Bertz CT molecular complexity index is 845. The molecule has 2 aromatic carbocycles. The van der Waals surface area contributed by atoms with Gasteiger partial charge >= 0.3 is 5.97 Å². The lowest BCUT2D eigenvalue weighted by molar-refractivity contribution is -0.156. The average molecular weight is 323 g/mol. The highest BCUT2D eigenvalue weighted by atomic mass is 16.7. The maximum Gasteiger partial charge on any atom is 0.325 e. The van der Waals surface area contributed by atoms with Gasteiger partial charge in [0.05, 0.1) is 7.11 Å². The summed E-state index contributed by atoms with van der Waals surface area (Å²) in [5.41, 5.74) is 2.18. The molecule has 2 atom stereocenters. The molecule has 0 aliphatic carbocycles. The van der Waals surface area contributed by atoms with Crippen molar-refractivity contribution in [1.82, 2.24) is 0 Å². The second kappa shape index (κ2) is 5.37. The van der Waals surface area contributed by atoms with Crippen molar-refractivity contribution in [2.75, 3.05) is 13.7 Å². The topological polar surface area (TPSA) is 57.1 Å². The maximum absolute atomic E-state index is 12.8.